The second-order valence-electron chi connectivity index (χ2n) is 3.64. The van der Waals surface area contributed by atoms with Crippen LogP contribution in [0.15, 0.2) is 29.4 Å². The first kappa shape index (κ1) is 13.0. The molecule has 0 radical (unpaired) electrons. The summed E-state index contributed by atoms with van der Waals surface area (Å²) in [7, 11) is 0. The maximum atomic E-state index is 11.2. The molecule has 0 aromatic heterocycles. The number of rotatable bonds is 5. The number of esters is 1. The summed E-state index contributed by atoms with van der Waals surface area (Å²) in [6, 6.07) is 6.78. The first-order chi connectivity index (χ1) is 8.11. The highest BCUT2D eigenvalue weighted by Gasteiger charge is 2.06. The highest BCUT2D eigenvalue weighted by atomic mass is 16.6. The summed E-state index contributed by atoms with van der Waals surface area (Å²) in [6.07, 6.45) is 1.16. The monoisotopic (exact) mass is 237 g/mol. The number of carbonyl (C=O) groups excluding carboxylic acids is 1. The molecule has 0 saturated heterocycles. The Bertz CT molecular complexity index is 384. The van der Waals surface area contributed by atoms with E-state index < -0.39 is 5.97 Å². The van der Waals surface area contributed by atoms with E-state index in [4.69, 9.17) is 14.7 Å². The van der Waals surface area contributed by atoms with E-state index in [0.717, 1.165) is 5.56 Å². The maximum absolute atomic E-state index is 11.2. The van der Waals surface area contributed by atoms with Crippen molar-refractivity contribution in [3.63, 3.8) is 0 Å². The van der Waals surface area contributed by atoms with Gasteiger partial charge in [-0.1, -0.05) is 5.16 Å². The number of ether oxygens (including phenoxy) is 2. The molecule has 1 rings (SSSR count). The molecule has 5 heteroatoms. The van der Waals surface area contributed by atoms with Crippen LogP contribution < -0.4 is 4.74 Å². The van der Waals surface area contributed by atoms with E-state index in [0.29, 0.717) is 5.75 Å². The van der Waals surface area contributed by atoms with Gasteiger partial charge in [0.25, 0.3) is 0 Å². The molecular formula is C12H15NO4. The van der Waals surface area contributed by atoms with Crippen LogP contribution in [0, 0.1) is 0 Å². The zero-order valence-corrected chi connectivity index (χ0v) is 9.79. The highest BCUT2D eigenvalue weighted by Crippen LogP contribution is 2.11. The van der Waals surface area contributed by atoms with Crippen LogP contribution in [0.25, 0.3) is 0 Å². The molecule has 0 saturated carbocycles. The van der Waals surface area contributed by atoms with Gasteiger partial charge < -0.3 is 14.7 Å². The standard InChI is InChI=1S/C12H15NO4/c1-9(2)17-12(14)8-16-11-5-3-10(4-6-11)7-13-15/h3-7,9,15H,8H2,1-2H3. The van der Waals surface area contributed by atoms with Crippen LogP contribution in [0.3, 0.4) is 0 Å². The number of hydrogen-bond acceptors (Lipinski definition) is 5. The number of hydrogen-bond donors (Lipinski definition) is 1. The van der Waals surface area contributed by atoms with E-state index in [-0.39, 0.29) is 12.7 Å². The van der Waals surface area contributed by atoms with E-state index >= 15 is 0 Å². The molecule has 0 aliphatic carbocycles. The van der Waals surface area contributed by atoms with Crippen molar-refractivity contribution in [1.82, 2.24) is 0 Å². The molecule has 1 aromatic carbocycles. The molecule has 0 heterocycles. The zero-order valence-electron chi connectivity index (χ0n) is 9.79. The normalized spacial score (nSPS) is 10.8. The molecule has 1 aromatic rings. The third-order valence-electron chi connectivity index (χ3n) is 1.81. The van der Waals surface area contributed by atoms with Gasteiger partial charge in [-0.05, 0) is 43.7 Å². The molecule has 0 bridgehead atoms. The Morgan fingerprint density at radius 3 is 2.59 bits per heavy atom. The molecule has 0 amide bonds. The Labute approximate surface area is 99.7 Å². The first-order valence-corrected chi connectivity index (χ1v) is 5.21. The van der Waals surface area contributed by atoms with Crippen molar-refractivity contribution in [3.05, 3.63) is 29.8 Å². The molecule has 17 heavy (non-hydrogen) atoms. The fourth-order valence-electron chi connectivity index (χ4n) is 1.16. The summed E-state index contributed by atoms with van der Waals surface area (Å²) in [6.45, 7) is 3.44. The Hall–Kier alpha value is -2.04. The van der Waals surface area contributed by atoms with Crippen molar-refractivity contribution in [2.24, 2.45) is 5.16 Å². The van der Waals surface area contributed by atoms with Gasteiger partial charge in [0.2, 0.25) is 0 Å². The minimum atomic E-state index is -0.402. The van der Waals surface area contributed by atoms with Crippen LogP contribution in [0.2, 0.25) is 0 Å². The van der Waals surface area contributed by atoms with E-state index in [2.05, 4.69) is 5.16 Å². The summed E-state index contributed by atoms with van der Waals surface area (Å²) in [5.41, 5.74) is 0.740. The average molecular weight is 237 g/mol. The van der Waals surface area contributed by atoms with Crippen LogP contribution in [0.5, 0.6) is 5.75 Å². The lowest BCUT2D eigenvalue weighted by atomic mass is 10.2. The lowest BCUT2D eigenvalue weighted by molar-refractivity contribution is -0.149. The third kappa shape index (κ3) is 5.01. The Morgan fingerprint density at radius 1 is 1.41 bits per heavy atom. The number of benzene rings is 1. The van der Waals surface area contributed by atoms with Crippen molar-refractivity contribution < 1.29 is 19.5 Å². The van der Waals surface area contributed by atoms with Gasteiger partial charge in [-0.2, -0.15) is 0 Å². The summed E-state index contributed by atoms with van der Waals surface area (Å²) < 4.78 is 10.1. The Balaban J connectivity index is 2.44. The number of oxime groups is 1. The molecule has 0 aliphatic rings. The second-order valence-corrected chi connectivity index (χ2v) is 3.64. The molecule has 5 nitrogen and oxygen atoms in total. The van der Waals surface area contributed by atoms with Gasteiger partial charge in [-0.3, -0.25) is 0 Å². The molecule has 0 fully saturated rings. The molecule has 0 unspecified atom stereocenters. The predicted molar refractivity (Wildman–Crippen MR) is 62.5 cm³/mol. The summed E-state index contributed by atoms with van der Waals surface area (Å²) >= 11 is 0. The van der Waals surface area contributed by atoms with Crippen molar-refractivity contribution in [2.75, 3.05) is 6.61 Å². The van der Waals surface area contributed by atoms with Crippen molar-refractivity contribution >= 4 is 12.2 Å². The minimum absolute atomic E-state index is 0.119. The minimum Gasteiger partial charge on any atom is -0.482 e. The highest BCUT2D eigenvalue weighted by molar-refractivity contribution is 5.79. The van der Waals surface area contributed by atoms with Crippen LogP contribution in [-0.2, 0) is 9.53 Å². The Kier molecular flexibility index (Phi) is 5.00. The molecular weight excluding hydrogens is 222 g/mol. The van der Waals surface area contributed by atoms with Crippen LogP contribution in [0.1, 0.15) is 19.4 Å². The average Bonchev–Trinajstić information content (AvgIpc) is 2.28. The summed E-state index contributed by atoms with van der Waals surface area (Å²) in [5.74, 6) is 0.154. The van der Waals surface area contributed by atoms with Crippen molar-refractivity contribution in [2.45, 2.75) is 20.0 Å². The lowest BCUT2D eigenvalue weighted by Crippen LogP contribution is -2.18. The van der Waals surface area contributed by atoms with E-state index in [9.17, 15) is 4.79 Å². The number of carbonyl (C=O) groups is 1. The SMILES string of the molecule is CC(C)OC(=O)COc1ccc(C=NO)cc1. The quantitative estimate of drug-likeness (QED) is 0.367. The van der Waals surface area contributed by atoms with Crippen molar-refractivity contribution in [3.8, 4) is 5.75 Å². The van der Waals surface area contributed by atoms with Gasteiger partial charge in [0, 0.05) is 0 Å². The lowest BCUT2D eigenvalue weighted by Gasteiger charge is -2.09. The molecule has 0 atom stereocenters. The predicted octanol–water partition coefficient (Wildman–Crippen LogP) is 1.83. The summed E-state index contributed by atoms with van der Waals surface area (Å²) in [4.78, 5) is 11.2. The molecule has 0 aliphatic heterocycles. The first-order valence-electron chi connectivity index (χ1n) is 5.21. The van der Waals surface area contributed by atoms with Crippen LogP contribution in [-0.4, -0.2) is 30.1 Å². The molecule has 1 N–H and O–H groups in total. The third-order valence-corrected chi connectivity index (χ3v) is 1.81. The Morgan fingerprint density at radius 2 is 2.06 bits per heavy atom. The summed E-state index contributed by atoms with van der Waals surface area (Å²) in [5, 5.41) is 11.2. The topological polar surface area (TPSA) is 68.1 Å². The molecule has 0 spiro atoms. The van der Waals surface area contributed by atoms with Gasteiger partial charge >= 0.3 is 5.97 Å². The zero-order chi connectivity index (χ0) is 12.7. The van der Waals surface area contributed by atoms with Gasteiger partial charge in [0.05, 0.1) is 12.3 Å². The molecule has 92 valence electrons. The van der Waals surface area contributed by atoms with E-state index in [1.165, 1.54) is 6.21 Å². The van der Waals surface area contributed by atoms with Gasteiger partial charge in [-0.25, -0.2) is 4.79 Å². The fraction of sp³-hybridized carbons (Fsp3) is 0.333. The van der Waals surface area contributed by atoms with E-state index in [1.807, 2.05) is 0 Å². The second kappa shape index (κ2) is 6.52. The van der Waals surface area contributed by atoms with Gasteiger partial charge in [-0.15, -0.1) is 0 Å². The van der Waals surface area contributed by atoms with Crippen molar-refractivity contribution in [1.29, 1.82) is 0 Å². The van der Waals surface area contributed by atoms with Crippen LogP contribution in [0.4, 0.5) is 0 Å². The fourth-order valence-corrected chi connectivity index (χ4v) is 1.16. The van der Waals surface area contributed by atoms with Crippen LogP contribution >= 0.6 is 0 Å². The van der Waals surface area contributed by atoms with Gasteiger partial charge in [0.1, 0.15) is 5.75 Å². The maximum Gasteiger partial charge on any atom is 0.344 e. The van der Waals surface area contributed by atoms with E-state index in [1.54, 1.807) is 38.1 Å². The smallest absolute Gasteiger partial charge is 0.344 e. The van der Waals surface area contributed by atoms with Gasteiger partial charge in [0.15, 0.2) is 6.61 Å². The largest absolute Gasteiger partial charge is 0.482 e. The number of nitrogens with zero attached hydrogens (tertiary/aromatic N) is 1.